The lowest BCUT2D eigenvalue weighted by atomic mass is 10.00. The number of hydrogen-bond donors (Lipinski definition) is 0. The maximum atomic E-state index is 2.50. The zero-order valence-corrected chi connectivity index (χ0v) is 81.9. The summed E-state index contributed by atoms with van der Waals surface area (Å²) in [4.78, 5) is 0. The van der Waals surface area contributed by atoms with Crippen LogP contribution in [0.25, 0.3) is 291 Å². The van der Waals surface area contributed by atoms with Gasteiger partial charge in [-0.3, -0.25) is 0 Å². The molecule has 33 aromatic rings. The van der Waals surface area contributed by atoms with Crippen LogP contribution in [-0.4, -0.2) is 27.4 Å². The maximum Gasteiger partial charge on any atom is 0.0719 e. The van der Waals surface area contributed by atoms with Gasteiger partial charge in [-0.1, -0.05) is 315 Å². The number of benzene rings is 24. The number of aromatic nitrogens is 6. The van der Waals surface area contributed by atoms with Crippen LogP contribution in [0.3, 0.4) is 0 Å². The Morgan fingerprint density at radius 2 is 0.401 bits per heavy atom. The van der Waals surface area contributed by atoms with E-state index in [0.29, 0.717) is 0 Å². The molecule has 0 saturated carbocycles. The van der Waals surface area contributed by atoms with E-state index in [0.717, 1.165) is 0 Å². The third-order valence-electron chi connectivity index (χ3n) is 30.8. The Morgan fingerprint density at radius 3 is 0.837 bits per heavy atom. The molecule has 24 aromatic carbocycles. The third-order valence-corrected chi connectivity index (χ3v) is 34.4. The number of para-hydroxylation sites is 6. The molecule has 0 bridgehead atoms. The zero-order valence-electron chi connectivity index (χ0n) is 79.4. The summed E-state index contributed by atoms with van der Waals surface area (Å²) in [5.74, 6) is 0. The van der Waals surface area contributed by atoms with Gasteiger partial charge in [0.1, 0.15) is 0 Å². The second-order valence-electron chi connectivity index (χ2n) is 38.9. The van der Waals surface area contributed by atoms with Crippen LogP contribution in [0.15, 0.2) is 510 Å². The van der Waals surface area contributed by atoms with Crippen molar-refractivity contribution >= 4 is 258 Å². The molecule has 9 aromatic heterocycles. The van der Waals surface area contributed by atoms with Crippen molar-refractivity contribution in [2.75, 3.05) is 0 Å². The fourth-order valence-electron chi connectivity index (χ4n) is 24.2. The van der Waals surface area contributed by atoms with Gasteiger partial charge in [-0.2, -0.15) is 0 Å². The summed E-state index contributed by atoms with van der Waals surface area (Å²) in [5.41, 5.74) is 29.2. The van der Waals surface area contributed by atoms with E-state index in [1.54, 1.807) is 0 Å². The molecule has 0 unspecified atom stereocenters. The molecule has 0 atom stereocenters. The van der Waals surface area contributed by atoms with Crippen LogP contribution < -0.4 is 0 Å². The monoisotopic (exact) mass is 1920 g/mol. The van der Waals surface area contributed by atoms with Gasteiger partial charge < -0.3 is 27.4 Å². The fraction of sp³-hybridized carbons (Fsp3) is 0. The minimum Gasteiger partial charge on any atom is -0.309 e. The number of hydrogen-bond acceptors (Lipinski definition) is 3. The van der Waals surface area contributed by atoms with Crippen LogP contribution in [0.5, 0.6) is 0 Å². The first kappa shape index (κ1) is 83.2. The molecule has 0 radical (unpaired) electrons. The van der Waals surface area contributed by atoms with E-state index < -0.39 is 0 Å². The largest absolute Gasteiger partial charge is 0.309 e. The molecule has 0 fully saturated rings. The summed E-state index contributed by atoms with van der Waals surface area (Å²) in [6, 6.07) is 187. The molecule has 0 N–H and O–H groups in total. The molecule has 0 amide bonds. The number of thiophene rings is 3. The predicted octanol–water partition coefficient (Wildman–Crippen LogP) is 39.2. The predicted molar refractivity (Wildman–Crippen MR) is 633 cm³/mol. The first-order valence-electron chi connectivity index (χ1n) is 50.3. The topological polar surface area (TPSA) is 29.6 Å². The molecule has 147 heavy (non-hydrogen) atoms. The van der Waals surface area contributed by atoms with Crippen molar-refractivity contribution in [1.82, 2.24) is 27.4 Å². The Labute approximate surface area is 855 Å². The van der Waals surface area contributed by atoms with E-state index in [9.17, 15) is 0 Å². The van der Waals surface area contributed by atoms with Crippen LogP contribution in [-0.2, 0) is 0 Å². The Balaban J connectivity index is 0.0000000999. The molecular formula is C138H84N6S3. The first-order valence-corrected chi connectivity index (χ1v) is 52.8. The van der Waals surface area contributed by atoms with Gasteiger partial charge in [-0.15, -0.1) is 34.0 Å². The Bertz CT molecular complexity index is 11300. The highest BCUT2D eigenvalue weighted by atomic mass is 32.1. The molecule has 0 spiro atoms. The van der Waals surface area contributed by atoms with Gasteiger partial charge in [0.25, 0.3) is 0 Å². The summed E-state index contributed by atoms with van der Waals surface area (Å²) in [7, 11) is 0. The molecular weight excluding hydrogens is 1840 g/mol. The van der Waals surface area contributed by atoms with Gasteiger partial charge in [-0.05, 0) is 260 Å². The van der Waals surface area contributed by atoms with E-state index in [2.05, 4.69) is 537 Å². The standard InChI is InChI=1S/3C46H28N2S/c1-2-12-33(13-3-1)47-41-16-8-6-14-35(41)39-27-31(19-24-42(39)47)32-20-25-43-40(28-32)37-22-23-38-36-15-7-9-17-44(36)49-46(38)45(37)48(43)34-21-18-29-10-4-5-11-30(29)26-34;1-2-12-33(13-3-1)47-40-16-8-6-14-35(40)38-27-31(19-23-41(38)47)32-20-24-42-39(28-32)36-22-25-44-45(37-15-7-9-17-43(37)49-44)46(36)48(42)34-21-18-29-10-4-5-11-30(29)26-34;1-2-12-33(13-3-1)47-40-16-8-6-14-35(40)38-27-31(19-23-41(38)47)32-20-24-42-39(28-32)45-43(25-22-37-36-15-7-9-17-44(36)49-46(37)45)48(42)34-21-18-29-10-4-5-11-30(29)26-34/h3*1-28H. The highest BCUT2D eigenvalue weighted by Crippen LogP contribution is 2.51. The lowest BCUT2D eigenvalue weighted by molar-refractivity contribution is 1.18. The van der Waals surface area contributed by atoms with Gasteiger partial charge in [0.05, 0.1) is 70.9 Å². The van der Waals surface area contributed by atoms with Crippen molar-refractivity contribution in [3.05, 3.63) is 510 Å². The summed E-state index contributed by atoms with van der Waals surface area (Å²) in [6.45, 7) is 0. The van der Waals surface area contributed by atoms with Crippen molar-refractivity contribution in [2.45, 2.75) is 0 Å². The average molecular weight is 1920 g/mol. The zero-order chi connectivity index (χ0) is 96.2. The van der Waals surface area contributed by atoms with Crippen LogP contribution in [0, 0.1) is 0 Å². The fourth-order valence-corrected chi connectivity index (χ4v) is 27.8. The van der Waals surface area contributed by atoms with Crippen molar-refractivity contribution in [2.24, 2.45) is 0 Å². The van der Waals surface area contributed by atoms with Crippen molar-refractivity contribution in [3.63, 3.8) is 0 Å². The van der Waals surface area contributed by atoms with E-state index in [1.807, 2.05) is 34.0 Å². The minimum absolute atomic E-state index is 1.18. The van der Waals surface area contributed by atoms with Crippen LogP contribution in [0.2, 0.25) is 0 Å². The number of rotatable bonds is 9. The Hall–Kier alpha value is -18.5. The van der Waals surface area contributed by atoms with Gasteiger partial charge >= 0.3 is 0 Å². The van der Waals surface area contributed by atoms with Gasteiger partial charge in [-0.25, -0.2) is 0 Å². The van der Waals surface area contributed by atoms with Gasteiger partial charge in [0, 0.05) is 155 Å². The van der Waals surface area contributed by atoms with Crippen LogP contribution in [0.4, 0.5) is 0 Å². The molecule has 0 saturated heterocycles. The molecule has 9 heterocycles. The first-order chi connectivity index (χ1) is 72.9. The van der Waals surface area contributed by atoms with Gasteiger partial charge in [0.15, 0.2) is 0 Å². The Morgan fingerprint density at radius 1 is 0.122 bits per heavy atom. The van der Waals surface area contributed by atoms with Crippen molar-refractivity contribution in [1.29, 1.82) is 0 Å². The Kier molecular flexibility index (Phi) is 18.7. The second kappa shape index (κ2) is 33.1. The van der Waals surface area contributed by atoms with E-state index in [1.165, 1.54) is 291 Å². The summed E-state index contributed by atoms with van der Waals surface area (Å²) >= 11 is 5.69. The maximum absolute atomic E-state index is 2.50. The highest BCUT2D eigenvalue weighted by molar-refractivity contribution is 7.27. The summed E-state index contributed by atoms with van der Waals surface area (Å²) < 4.78 is 22.6. The van der Waals surface area contributed by atoms with Crippen LogP contribution in [0.1, 0.15) is 0 Å². The molecule has 9 heteroatoms. The van der Waals surface area contributed by atoms with Crippen molar-refractivity contribution in [3.8, 4) is 67.5 Å². The number of fused-ring (bicyclic) bond motifs is 33. The highest BCUT2D eigenvalue weighted by Gasteiger charge is 2.27. The van der Waals surface area contributed by atoms with E-state index >= 15 is 0 Å². The molecule has 33 rings (SSSR count). The lowest BCUT2D eigenvalue weighted by Crippen LogP contribution is -1.94. The molecule has 0 aliphatic rings. The van der Waals surface area contributed by atoms with Crippen molar-refractivity contribution < 1.29 is 0 Å². The normalized spacial score (nSPS) is 12.1. The molecule has 0 aliphatic heterocycles. The van der Waals surface area contributed by atoms with E-state index in [4.69, 9.17) is 0 Å². The smallest absolute Gasteiger partial charge is 0.0719 e. The van der Waals surface area contributed by atoms with E-state index in [-0.39, 0.29) is 0 Å². The van der Waals surface area contributed by atoms with Gasteiger partial charge in [0.2, 0.25) is 0 Å². The quantitative estimate of drug-likeness (QED) is 0.138. The second-order valence-corrected chi connectivity index (χ2v) is 42.0. The summed E-state index contributed by atoms with van der Waals surface area (Å²) in [6.07, 6.45) is 0. The number of nitrogens with zero attached hydrogens (tertiary/aromatic N) is 6. The SMILES string of the molecule is c1ccc(-n2c3ccccc3c3cc(-c4ccc5c(c4)c4c6sc7ccccc7c6ccc4n5-c4ccc5ccccc5c4)ccc32)cc1.c1ccc(-n2c3ccccc3c3cc(-c4ccc5c(c4)c4ccc6c7ccccc7sc6c4n5-c4ccc5ccccc5c4)ccc32)cc1.c1ccc(-n2c3ccccc3c3cc(-c4ccc5c(c4)c4ccc6sc7ccccc7c6c4n5-c4ccc5ccccc5c4)ccc32)cc1. The lowest BCUT2D eigenvalue weighted by Gasteiger charge is -2.11. The third kappa shape index (κ3) is 13.0. The molecule has 0 aliphatic carbocycles. The molecule has 684 valence electrons. The molecule has 6 nitrogen and oxygen atoms in total. The average Bonchev–Trinajstić information content (AvgIpc) is 1.56. The van der Waals surface area contributed by atoms with Crippen LogP contribution >= 0.6 is 34.0 Å². The summed E-state index contributed by atoms with van der Waals surface area (Å²) in [5, 5.41) is 30.8. The minimum atomic E-state index is 1.18.